The van der Waals surface area contributed by atoms with Crippen LogP contribution >= 0.6 is 0 Å². The van der Waals surface area contributed by atoms with E-state index in [4.69, 9.17) is 4.42 Å². The number of rotatable bonds is 4. The molecule has 1 saturated heterocycles. The molecule has 1 aromatic heterocycles. The topological polar surface area (TPSA) is 66.7 Å². The number of carbonyl (C=O) groups is 2. The van der Waals surface area contributed by atoms with E-state index in [2.05, 4.69) is 46.2 Å². The van der Waals surface area contributed by atoms with E-state index in [-0.39, 0.29) is 29.2 Å². The molecule has 0 saturated carbocycles. The molecule has 0 N–H and O–H groups in total. The lowest BCUT2D eigenvalue weighted by Crippen LogP contribution is -2.52. The molecule has 2 amide bonds. The smallest absolute Gasteiger partial charge is 0.304 e. The first-order valence-electron chi connectivity index (χ1n) is 8.21. The van der Waals surface area contributed by atoms with Gasteiger partial charge in [-0.2, -0.15) is 0 Å². The molecular weight excluding hydrogens is 306 g/mol. The molecule has 1 aliphatic rings. The highest BCUT2D eigenvalue weighted by atomic mass is 16.4. The summed E-state index contributed by atoms with van der Waals surface area (Å²) in [5, 5.41) is 0. The highest BCUT2D eigenvalue weighted by molar-refractivity contribution is 5.98. The summed E-state index contributed by atoms with van der Waals surface area (Å²) < 4.78 is 5.90. The summed E-state index contributed by atoms with van der Waals surface area (Å²) >= 11 is 0. The fourth-order valence-electron chi connectivity index (χ4n) is 3.31. The lowest BCUT2D eigenvalue weighted by molar-refractivity contribution is -0.133. The Morgan fingerprint density at radius 2 is 2.00 bits per heavy atom. The van der Waals surface area contributed by atoms with Crippen LogP contribution in [0.15, 0.2) is 23.3 Å². The summed E-state index contributed by atoms with van der Waals surface area (Å²) in [6, 6.07) is 0.308. The zero-order chi connectivity index (χ0) is 18.1. The third-order valence-electron chi connectivity index (χ3n) is 4.07. The van der Waals surface area contributed by atoms with Gasteiger partial charge in [0.05, 0.1) is 6.20 Å². The number of nitrogens with zero attached hydrogens (tertiary/aromatic N) is 3. The van der Waals surface area contributed by atoms with Crippen LogP contribution in [0.1, 0.15) is 46.8 Å². The first kappa shape index (κ1) is 18.2. The predicted octanol–water partition coefficient (Wildman–Crippen LogP) is 2.75. The molecule has 24 heavy (non-hydrogen) atoms. The quantitative estimate of drug-likeness (QED) is 0.795. The van der Waals surface area contributed by atoms with Crippen LogP contribution < -0.4 is 4.90 Å². The fraction of sp³-hybridized carbons (Fsp3) is 0.611. The molecule has 0 aromatic carbocycles. The number of amides is 2. The molecule has 1 fully saturated rings. The SMILES string of the molecule is C=CC(=O)N1CCN(c2ncc(C(C)(C)CC(C)(C)C)o2)C(=O)C1. The van der Waals surface area contributed by atoms with Gasteiger partial charge in [0, 0.05) is 18.5 Å². The molecule has 0 bridgehead atoms. The predicted molar refractivity (Wildman–Crippen MR) is 92.7 cm³/mol. The monoisotopic (exact) mass is 333 g/mol. The molecule has 0 spiro atoms. The van der Waals surface area contributed by atoms with Gasteiger partial charge in [0.2, 0.25) is 11.8 Å². The highest BCUT2D eigenvalue weighted by Crippen LogP contribution is 2.37. The van der Waals surface area contributed by atoms with Crippen molar-refractivity contribution < 1.29 is 14.0 Å². The van der Waals surface area contributed by atoms with E-state index in [1.165, 1.54) is 15.9 Å². The molecule has 0 atom stereocenters. The molecule has 1 aromatic rings. The molecule has 132 valence electrons. The van der Waals surface area contributed by atoms with Crippen LogP contribution in [0.25, 0.3) is 0 Å². The van der Waals surface area contributed by atoms with Gasteiger partial charge in [-0.15, -0.1) is 0 Å². The van der Waals surface area contributed by atoms with Gasteiger partial charge in [-0.3, -0.25) is 14.5 Å². The van der Waals surface area contributed by atoms with Gasteiger partial charge < -0.3 is 9.32 Å². The van der Waals surface area contributed by atoms with E-state index in [9.17, 15) is 9.59 Å². The molecule has 0 unspecified atom stereocenters. The van der Waals surface area contributed by atoms with Crippen LogP contribution in [0.3, 0.4) is 0 Å². The van der Waals surface area contributed by atoms with Crippen molar-refractivity contribution in [2.24, 2.45) is 5.41 Å². The number of hydrogen-bond donors (Lipinski definition) is 0. The lowest BCUT2D eigenvalue weighted by Gasteiger charge is -2.32. The molecular formula is C18H27N3O3. The number of piperazine rings is 1. The number of anilines is 1. The summed E-state index contributed by atoms with van der Waals surface area (Å²) in [5.74, 6) is 0.339. The van der Waals surface area contributed by atoms with Crippen LogP contribution in [-0.2, 0) is 15.0 Å². The van der Waals surface area contributed by atoms with E-state index in [0.717, 1.165) is 12.2 Å². The van der Waals surface area contributed by atoms with Crippen molar-refractivity contribution in [3.05, 3.63) is 24.6 Å². The average molecular weight is 333 g/mol. The van der Waals surface area contributed by atoms with Gasteiger partial charge in [-0.25, -0.2) is 4.98 Å². The molecule has 6 heteroatoms. The maximum atomic E-state index is 12.3. The average Bonchev–Trinajstić information content (AvgIpc) is 2.94. The summed E-state index contributed by atoms with van der Waals surface area (Å²) in [6.45, 7) is 15.1. The Labute approximate surface area is 143 Å². The number of oxazole rings is 1. The first-order chi connectivity index (χ1) is 11.0. The van der Waals surface area contributed by atoms with E-state index in [0.29, 0.717) is 19.1 Å². The second-order valence-corrected chi connectivity index (χ2v) is 8.14. The molecule has 0 radical (unpaired) electrons. The lowest BCUT2D eigenvalue weighted by atomic mass is 9.75. The van der Waals surface area contributed by atoms with Crippen LogP contribution in [0.4, 0.5) is 6.01 Å². The van der Waals surface area contributed by atoms with Crippen LogP contribution in [-0.4, -0.2) is 41.3 Å². The maximum absolute atomic E-state index is 12.3. The van der Waals surface area contributed by atoms with Gasteiger partial charge in [-0.05, 0) is 17.9 Å². The van der Waals surface area contributed by atoms with Crippen molar-refractivity contribution in [2.45, 2.75) is 46.5 Å². The van der Waals surface area contributed by atoms with Gasteiger partial charge in [0.15, 0.2) is 0 Å². The fourth-order valence-corrected chi connectivity index (χ4v) is 3.31. The van der Waals surface area contributed by atoms with Crippen LogP contribution in [0.5, 0.6) is 0 Å². The summed E-state index contributed by atoms with van der Waals surface area (Å²) in [6.07, 6.45) is 3.86. The Kier molecular flexibility index (Phi) is 4.87. The molecule has 2 heterocycles. The van der Waals surface area contributed by atoms with Crippen molar-refractivity contribution in [3.8, 4) is 0 Å². The van der Waals surface area contributed by atoms with Crippen LogP contribution in [0.2, 0.25) is 0 Å². The number of hydrogen-bond acceptors (Lipinski definition) is 4. The molecule has 1 aliphatic heterocycles. The minimum Gasteiger partial charge on any atom is -0.428 e. The van der Waals surface area contributed by atoms with Gasteiger partial charge in [0.1, 0.15) is 12.3 Å². The van der Waals surface area contributed by atoms with E-state index >= 15 is 0 Å². The van der Waals surface area contributed by atoms with E-state index < -0.39 is 0 Å². The van der Waals surface area contributed by atoms with E-state index in [1.54, 1.807) is 6.20 Å². The highest BCUT2D eigenvalue weighted by Gasteiger charge is 2.34. The summed E-state index contributed by atoms with van der Waals surface area (Å²) in [4.78, 5) is 31.2. The van der Waals surface area contributed by atoms with Crippen molar-refractivity contribution in [3.63, 3.8) is 0 Å². The normalized spacial score (nSPS) is 16.5. The minimum absolute atomic E-state index is 0.0218. The van der Waals surface area contributed by atoms with Crippen molar-refractivity contribution in [2.75, 3.05) is 24.5 Å². The molecule has 6 nitrogen and oxygen atoms in total. The van der Waals surface area contributed by atoms with Crippen molar-refractivity contribution in [1.29, 1.82) is 0 Å². The third kappa shape index (κ3) is 4.04. The zero-order valence-electron chi connectivity index (χ0n) is 15.3. The summed E-state index contributed by atoms with van der Waals surface area (Å²) in [7, 11) is 0. The standard InChI is InChI=1S/C18H27N3O3/c1-7-14(22)20-8-9-21(15(23)11-20)16-19-10-13(24-16)18(5,6)12-17(2,3)4/h7,10H,1,8-9,11-12H2,2-6H3. The molecule has 0 aliphatic carbocycles. The Morgan fingerprint density at radius 1 is 1.33 bits per heavy atom. The second kappa shape index (κ2) is 6.42. The zero-order valence-corrected chi connectivity index (χ0v) is 15.3. The Hall–Kier alpha value is -2.11. The number of aromatic nitrogens is 1. The maximum Gasteiger partial charge on any atom is 0.304 e. The Balaban J connectivity index is 2.12. The van der Waals surface area contributed by atoms with Crippen molar-refractivity contribution >= 4 is 17.8 Å². The molecule has 2 rings (SSSR count). The first-order valence-corrected chi connectivity index (χ1v) is 8.21. The second-order valence-electron chi connectivity index (χ2n) is 8.14. The number of carbonyl (C=O) groups excluding carboxylic acids is 2. The van der Waals surface area contributed by atoms with Gasteiger partial charge in [0.25, 0.3) is 0 Å². The summed E-state index contributed by atoms with van der Waals surface area (Å²) in [5.41, 5.74) is -0.0177. The third-order valence-corrected chi connectivity index (χ3v) is 4.07. The van der Waals surface area contributed by atoms with E-state index in [1.807, 2.05) is 0 Å². The Morgan fingerprint density at radius 3 is 2.54 bits per heavy atom. The largest absolute Gasteiger partial charge is 0.428 e. The minimum atomic E-state index is -0.234. The Bertz CT molecular complexity index is 640. The van der Waals surface area contributed by atoms with Crippen LogP contribution in [0, 0.1) is 5.41 Å². The van der Waals surface area contributed by atoms with Crippen molar-refractivity contribution in [1.82, 2.24) is 9.88 Å². The van der Waals surface area contributed by atoms with Gasteiger partial charge in [-0.1, -0.05) is 41.2 Å². The van der Waals surface area contributed by atoms with Gasteiger partial charge >= 0.3 is 6.01 Å².